The summed E-state index contributed by atoms with van der Waals surface area (Å²) in [5.74, 6) is 0.385. The lowest BCUT2D eigenvalue weighted by Gasteiger charge is -2.38. The molecule has 8 heteroatoms. The summed E-state index contributed by atoms with van der Waals surface area (Å²) in [6.45, 7) is 6.32. The number of allylic oxidation sites excluding steroid dienone is 1. The predicted octanol–water partition coefficient (Wildman–Crippen LogP) is 4.26. The molecule has 0 saturated heterocycles. The number of hydrogen-bond donors (Lipinski definition) is 1. The van der Waals surface area contributed by atoms with Gasteiger partial charge < -0.3 is 19.5 Å². The molecule has 162 valence electrons. The fraction of sp³-hybridized carbons (Fsp3) is 0.304. The van der Waals surface area contributed by atoms with Crippen LogP contribution in [0.4, 0.5) is 10.1 Å². The highest BCUT2D eigenvalue weighted by Gasteiger charge is 2.36. The molecule has 2 aromatic carbocycles. The summed E-state index contributed by atoms with van der Waals surface area (Å²) in [6.07, 6.45) is -0.308. The van der Waals surface area contributed by atoms with Crippen LogP contribution in [-0.2, 0) is 9.53 Å². The van der Waals surface area contributed by atoms with Crippen molar-refractivity contribution in [3.05, 3.63) is 65.1 Å². The van der Waals surface area contributed by atoms with Crippen molar-refractivity contribution in [2.45, 2.75) is 32.9 Å². The number of carbonyl (C=O) groups excluding carboxylic acids is 1. The fourth-order valence-electron chi connectivity index (χ4n) is 3.70. The van der Waals surface area contributed by atoms with Gasteiger partial charge in [0, 0.05) is 11.8 Å². The summed E-state index contributed by atoms with van der Waals surface area (Å²) in [5.41, 5.74) is 2.26. The first kappa shape index (κ1) is 21.1. The van der Waals surface area contributed by atoms with Crippen LogP contribution in [0, 0.1) is 5.82 Å². The molecule has 0 bridgehead atoms. The van der Waals surface area contributed by atoms with Crippen molar-refractivity contribution in [1.82, 2.24) is 5.32 Å². The average Bonchev–Trinajstić information content (AvgIpc) is 2.72. The third-order valence-electron chi connectivity index (χ3n) is 5.01. The van der Waals surface area contributed by atoms with Gasteiger partial charge in [0.1, 0.15) is 19.0 Å². The molecule has 1 N–H and O–H groups in total. The third kappa shape index (κ3) is 4.20. The summed E-state index contributed by atoms with van der Waals surface area (Å²) in [5, 5.41) is 3.56. The number of fused-ring (bicyclic) bond motifs is 1. The highest BCUT2D eigenvalue weighted by molar-refractivity contribution is 7.80. The topological polar surface area (TPSA) is 60.0 Å². The molecule has 0 aliphatic carbocycles. The molecule has 4 rings (SSSR count). The van der Waals surface area contributed by atoms with Crippen LogP contribution in [0.1, 0.15) is 32.4 Å². The second-order valence-corrected chi connectivity index (χ2v) is 7.94. The van der Waals surface area contributed by atoms with E-state index in [1.165, 1.54) is 12.1 Å². The molecule has 6 nitrogen and oxygen atoms in total. The van der Waals surface area contributed by atoms with E-state index in [0.29, 0.717) is 52.3 Å². The number of carbonyl (C=O) groups is 1. The van der Waals surface area contributed by atoms with Crippen molar-refractivity contribution in [3.63, 3.8) is 0 Å². The smallest absolute Gasteiger partial charge is 0.338 e. The van der Waals surface area contributed by atoms with Crippen molar-refractivity contribution < 1.29 is 23.4 Å². The Bertz CT molecular complexity index is 1070. The second-order valence-electron chi connectivity index (χ2n) is 7.55. The van der Waals surface area contributed by atoms with Crippen molar-refractivity contribution in [3.8, 4) is 11.5 Å². The lowest BCUT2D eigenvalue weighted by atomic mass is 9.94. The molecule has 2 aliphatic rings. The Morgan fingerprint density at radius 1 is 1.19 bits per heavy atom. The Hall–Kier alpha value is -3.13. The van der Waals surface area contributed by atoms with Gasteiger partial charge in [-0.1, -0.05) is 12.1 Å². The standard InChI is InChI=1S/C23H23FN2O4S/c1-13(2)30-22(27)20-14(3)26(17-7-8-18-19(12-17)29-10-9-28-18)23(31)25-21(20)15-5-4-6-16(24)11-15/h4-8,11-13,21H,9-10H2,1-3H3,(H,25,31). The molecule has 0 radical (unpaired) electrons. The van der Waals surface area contributed by atoms with Gasteiger partial charge in [0.15, 0.2) is 16.6 Å². The van der Waals surface area contributed by atoms with Crippen molar-refractivity contribution in [1.29, 1.82) is 0 Å². The molecule has 2 heterocycles. The number of anilines is 1. The van der Waals surface area contributed by atoms with E-state index in [1.54, 1.807) is 37.8 Å². The zero-order valence-electron chi connectivity index (χ0n) is 17.5. The van der Waals surface area contributed by atoms with E-state index in [0.717, 1.165) is 0 Å². The van der Waals surface area contributed by atoms with Crippen LogP contribution in [0.3, 0.4) is 0 Å². The van der Waals surface area contributed by atoms with Crippen LogP contribution in [-0.4, -0.2) is 30.4 Å². The van der Waals surface area contributed by atoms with E-state index < -0.39 is 17.8 Å². The van der Waals surface area contributed by atoms with E-state index in [-0.39, 0.29) is 6.10 Å². The highest BCUT2D eigenvalue weighted by atomic mass is 32.1. The molecular formula is C23H23FN2O4S. The number of nitrogens with one attached hydrogen (secondary N) is 1. The van der Waals surface area contributed by atoms with E-state index >= 15 is 0 Å². The van der Waals surface area contributed by atoms with Crippen LogP contribution in [0.2, 0.25) is 0 Å². The lowest BCUT2D eigenvalue weighted by molar-refractivity contribution is -0.143. The highest BCUT2D eigenvalue weighted by Crippen LogP contribution is 2.39. The van der Waals surface area contributed by atoms with Crippen molar-refractivity contribution >= 4 is 29.0 Å². The maximum Gasteiger partial charge on any atom is 0.338 e. The molecule has 0 fully saturated rings. The molecule has 2 aliphatic heterocycles. The van der Waals surface area contributed by atoms with E-state index in [9.17, 15) is 9.18 Å². The maximum absolute atomic E-state index is 13.9. The molecule has 1 atom stereocenters. The Morgan fingerprint density at radius 3 is 2.65 bits per heavy atom. The number of ether oxygens (including phenoxy) is 3. The van der Waals surface area contributed by atoms with E-state index in [4.69, 9.17) is 26.4 Å². The quantitative estimate of drug-likeness (QED) is 0.561. The normalized spacial score (nSPS) is 18.2. The number of esters is 1. The SMILES string of the molecule is CC1=C(C(=O)OC(C)C)C(c2cccc(F)c2)NC(=S)N1c1ccc2c(c1)OCCO2. The number of benzene rings is 2. The Balaban J connectivity index is 1.81. The third-order valence-corrected chi connectivity index (χ3v) is 5.31. The monoisotopic (exact) mass is 442 g/mol. The first-order valence-corrected chi connectivity index (χ1v) is 10.4. The summed E-state index contributed by atoms with van der Waals surface area (Å²) in [7, 11) is 0. The first-order chi connectivity index (χ1) is 14.8. The summed E-state index contributed by atoms with van der Waals surface area (Å²) in [4.78, 5) is 14.8. The predicted molar refractivity (Wildman–Crippen MR) is 119 cm³/mol. The largest absolute Gasteiger partial charge is 0.486 e. The van der Waals surface area contributed by atoms with Gasteiger partial charge in [-0.2, -0.15) is 0 Å². The zero-order chi connectivity index (χ0) is 22.1. The number of rotatable bonds is 4. The van der Waals surface area contributed by atoms with Crippen LogP contribution in [0.5, 0.6) is 11.5 Å². The van der Waals surface area contributed by atoms with E-state index in [2.05, 4.69) is 5.32 Å². The van der Waals surface area contributed by atoms with Gasteiger partial charge in [0.05, 0.1) is 23.4 Å². The number of hydrogen-bond acceptors (Lipinski definition) is 5. The minimum Gasteiger partial charge on any atom is -0.486 e. The first-order valence-electron chi connectivity index (χ1n) is 10.0. The number of nitrogens with zero attached hydrogens (tertiary/aromatic N) is 1. The molecule has 0 saturated carbocycles. The van der Waals surface area contributed by atoms with Crippen LogP contribution in [0.25, 0.3) is 0 Å². The van der Waals surface area contributed by atoms with Gasteiger partial charge in [-0.15, -0.1) is 0 Å². The Morgan fingerprint density at radius 2 is 1.94 bits per heavy atom. The summed E-state index contributed by atoms with van der Waals surface area (Å²) < 4.78 is 30.7. The minimum absolute atomic E-state index is 0.308. The van der Waals surface area contributed by atoms with Crippen molar-refractivity contribution in [2.75, 3.05) is 18.1 Å². The summed E-state index contributed by atoms with van der Waals surface area (Å²) in [6, 6.07) is 10.9. The van der Waals surface area contributed by atoms with Gasteiger partial charge in [0.25, 0.3) is 0 Å². The van der Waals surface area contributed by atoms with Crippen LogP contribution in [0.15, 0.2) is 53.7 Å². The van der Waals surface area contributed by atoms with Gasteiger partial charge in [-0.3, -0.25) is 4.90 Å². The minimum atomic E-state index is -0.636. The average molecular weight is 443 g/mol. The molecule has 0 spiro atoms. The van der Waals surface area contributed by atoms with Crippen molar-refractivity contribution in [2.24, 2.45) is 0 Å². The molecule has 31 heavy (non-hydrogen) atoms. The van der Waals surface area contributed by atoms with E-state index in [1.807, 2.05) is 18.2 Å². The van der Waals surface area contributed by atoms with Gasteiger partial charge in [0.2, 0.25) is 0 Å². The van der Waals surface area contributed by atoms with Gasteiger partial charge in [-0.05, 0) is 62.8 Å². The molecule has 0 amide bonds. The molecular weight excluding hydrogens is 419 g/mol. The molecule has 0 aromatic heterocycles. The molecule has 2 aromatic rings. The van der Waals surface area contributed by atoms with Gasteiger partial charge in [-0.25, -0.2) is 9.18 Å². The number of halogens is 1. The zero-order valence-corrected chi connectivity index (χ0v) is 18.3. The van der Waals surface area contributed by atoms with Crippen LogP contribution >= 0.6 is 12.2 Å². The van der Waals surface area contributed by atoms with Crippen LogP contribution < -0.4 is 19.7 Å². The van der Waals surface area contributed by atoms with Gasteiger partial charge >= 0.3 is 5.97 Å². The second kappa shape index (κ2) is 8.55. The Labute approximate surface area is 185 Å². The Kier molecular flexibility index (Phi) is 5.82. The fourth-order valence-corrected chi connectivity index (χ4v) is 4.06. The summed E-state index contributed by atoms with van der Waals surface area (Å²) >= 11 is 5.64. The lowest BCUT2D eigenvalue weighted by Crippen LogP contribution is -2.48. The molecule has 1 unspecified atom stereocenters. The maximum atomic E-state index is 13.9. The number of thiocarbonyl (C=S) groups is 1.